The third kappa shape index (κ3) is 3.86. The molecule has 0 spiro atoms. The van der Waals surface area contributed by atoms with Gasteiger partial charge in [-0.1, -0.05) is 18.6 Å². The molecule has 0 aromatic carbocycles. The van der Waals surface area contributed by atoms with Crippen LogP contribution in [0.5, 0.6) is 0 Å². The van der Waals surface area contributed by atoms with Gasteiger partial charge in [0.2, 0.25) is 0 Å². The first kappa shape index (κ1) is 10.8. The van der Waals surface area contributed by atoms with Crippen LogP contribution in [0.4, 0.5) is 0 Å². The Kier molecular flexibility index (Phi) is 4.93. The minimum Gasteiger partial charge on any atom is -0.399 e. The Labute approximate surface area is 74.6 Å². The molecule has 0 aromatic heterocycles. The second-order valence-electron chi connectivity index (χ2n) is 2.71. The molecule has 0 unspecified atom stereocenters. The van der Waals surface area contributed by atoms with Crippen molar-refractivity contribution in [3.8, 4) is 0 Å². The normalized spacial score (nSPS) is 15.1. The van der Waals surface area contributed by atoms with E-state index in [-0.39, 0.29) is 0 Å². The maximum Gasteiger partial charge on any atom is 0.0303 e. The molecule has 68 valence electrons. The highest BCUT2D eigenvalue weighted by molar-refractivity contribution is 5.27. The molecule has 0 saturated heterocycles. The van der Waals surface area contributed by atoms with Gasteiger partial charge in [0.1, 0.15) is 0 Å². The van der Waals surface area contributed by atoms with Crippen LogP contribution in [0.15, 0.2) is 35.2 Å². The van der Waals surface area contributed by atoms with Crippen molar-refractivity contribution < 1.29 is 0 Å². The second-order valence-corrected chi connectivity index (χ2v) is 2.71. The summed E-state index contributed by atoms with van der Waals surface area (Å²) in [5.41, 5.74) is 14.0. The van der Waals surface area contributed by atoms with E-state index in [1.807, 2.05) is 32.1 Å². The molecule has 0 rings (SSSR count). The van der Waals surface area contributed by atoms with Crippen LogP contribution >= 0.6 is 0 Å². The molecule has 0 aliphatic rings. The quantitative estimate of drug-likeness (QED) is 0.630. The Balaban J connectivity index is 4.36. The van der Waals surface area contributed by atoms with Crippen LogP contribution in [0.25, 0.3) is 0 Å². The first-order valence-corrected chi connectivity index (χ1v) is 4.16. The second kappa shape index (κ2) is 5.47. The average molecular weight is 166 g/mol. The zero-order chi connectivity index (χ0) is 9.56. The van der Waals surface area contributed by atoms with E-state index in [9.17, 15) is 0 Å². The van der Waals surface area contributed by atoms with Crippen molar-refractivity contribution in [1.29, 1.82) is 0 Å². The van der Waals surface area contributed by atoms with E-state index < -0.39 is 0 Å². The van der Waals surface area contributed by atoms with Crippen molar-refractivity contribution in [3.05, 3.63) is 35.2 Å². The molecule has 2 heteroatoms. The highest BCUT2D eigenvalue weighted by atomic mass is 14.6. The summed E-state index contributed by atoms with van der Waals surface area (Å²) in [6, 6.07) is 0. The Morgan fingerprint density at radius 1 is 1.25 bits per heavy atom. The van der Waals surface area contributed by atoms with Crippen molar-refractivity contribution in [2.75, 3.05) is 0 Å². The predicted octanol–water partition coefficient (Wildman–Crippen LogP) is 2.05. The molecule has 4 N–H and O–H groups in total. The molecule has 0 fully saturated rings. The van der Waals surface area contributed by atoms with E-state index >= 15 is 0 Å². The third-order valence-electron chi connectivity index (χ3n) is 1.81. The van der Waals surface area contributed by atoms with Gasteiger partial charge in [0.15, 0.2) is 0 Å². The van der Waals surface area contributed by atoms with E-state index in [1.165, 1.54) is 5.57 Å². The summed E-state index contributed by atoms with van der Waals surface area (Å²) in [4.78, 5) is 0. The van der Waals surface area contributed by atoms with Gasteiger partial charge in [0, 0.05) is 11.4 Å². The van der Waals surface area contributed by atoms with Crippen molar-refractivity contribution in [2.24, 2.45) is 11.5 Å². The lowest BCUT2D eigenvalue weighted by atomic mass is 10.2. The molecule has 0 bridgehead atoms. The van der Waals surface area contributed by atoms with E-state index in [4.69, 9.17) is 11.5 Å². The standard InChI is InChI=1S/C10H18N2/c1-4-8(3)10(12)7-6-9(11)5-2/h5-7H,4,11-12H2,1-3H3/b7-6-,9-5+,10-8+. The lowest BCUT2D eigenvalue weighted by Gasteiger charge is -1.99. The average Bonchev–Trinajstić information content (AvgIpc) is 2.11. The van der Waals surface area contributed by atoms with Crippen molar-refractivity contribution in [1.82, 2.24) is 0 Å². The first-order valence-electron chi connectivity index (χ1n) is 4.16. The smallest absolute Gasteiger partial charge is 0.0303 e. The van der Waals surface area contributed by atoms with E-state index in [1.54, 1.807) is 0 Å². The lowest BCUT2D eigenvalue weighted by Crippen LogP contribution is -1.98. The van der Waals surface area contributed by atoms with Gasteiger partial charge in [-0.25, -0.2) is 0 Å². The Morgan fingerprint density at radius 3 is 2.25 bits per heavy atom. The maximum atomic E-state index is 5.74. The topological polar surface area (TPSA) is 52.0 Å². The summed E-state index contributed by atoms with van der Waals surface area (Å²) in [5.74, 6) is 0. The molecule has 0 atom stereocenters. The zero-order valence-electron chi connectivity index (χ0n) is 8.09. The fraction of sp³-hybridized carbons (Fsp3) is 0.400. The summed E-state index contributed by atoms with van der Waals surface area (Å²) in [6.45, 7) is 5.99. The van der Waals surface area contributed by atoms with Gasteiger partial charge in [-0.15, -0.1) is 0 Å². The number of allylic oxidation sites excluding steroid dienone is 4. The number of nitrogens with two attached hydrogens (primary N) is 2. The van der Waals surface area contributed by atoms with Crippen LogP contribution in [0.1, 0.15) is 27.2 Å². The summed E-state index contributed by atoms with van der Waals surface area (Å²) in [6.07, 6.45) is 6.47. The van der Waals surface area contributed by atoms with E-state index in [0.717, 1.165) is 17.8 Å². The Hall–Kier alpha value is -1.18. The number of rotatable bonds is 3. The fourth-order valence-corrected chi connectivity index (χ4v) is 0.629. The summed E-state index contributed by atoms with van der Waals surface area (Å²) in [5, 5.41) is 0. The van der Waals surface area contributed by atoms with Crippen molar-refractivity contribution >= 4 is 0 Å². The lowest BCUT2D eigenvalue weighted by molar-refractivity contribution is 1.06. The summed E-state index contributed by atoms with van der Waals surface area (Å²) >= 11 is 0. The van der Waals surface area contributed by atoms with Gasteiger partial charge in [-0.3, -0.25) is 0 Å². The molecule has 0 aromatic rings. The van der Waals surface area contributed by atoms with Crippen molar-refractivity contribution in [3.63, 3.8) is 0 Å². The predicted molar refractivity (Wildman–Crippen MR) is 54.3 cm³/mol. The third-order valence-corrected chi connectivity index (χ3v) is 1.81. The van der Waals surface area contributed by atoms with Gasteiger partial charge in [0.05, 0.1) is 0 Å². The molecule has 0 heterocycles. The molecule has 2 nitrogen and oxygen atoms in total. The maximum absolute atomic E-state index is 5.74. The molecular formula is C10H18N2. The van der Waals surface area contributed by atoms with Crippen LogP contribution in [-0.4, -0.2) is 0 Å². The molecule has 12 heavy (non-hydrogen) atoms. The molecule has 0 aliphatic carbocycles. The molecule has 0 radical (unpaired) electrons. The van der Waals surface area contributed by atoms with Crippen molar-refractivity contribution in [2.45, 2.75) is 27.2 Å². The Morgan fingerprint density at radius 2 is 1.83 bits per heavy atom. The molecule has 0 amide bonds. The largest absolute Gasteiger partial charge is 0.399 e. The van der Waals surface area contributed by atoms with Gasteiger partial charge < -0.3 is 11.5 Å². The summed E-state index contributed by atoms with van der Waals surface area (Å²) < 4.78 is 0. The Bertz CT molecular complexity index is 222. The monoisotopic (exact) mass is 166 g/mol. The van der Waals surface area contributed by atoms with Crippen LogP contribution in [0.2, 0.25) is 0 Å². The minimum absolute atomic E-state index is 0.738. The molecule has 0 saturated carbocycles. The van der Waals surface area contributed by atoms with Crippen LogP contribution in [0, 0.1) is 0 Å². The van der Waals surface area contributed by atoms with Gasteiger partial charge in [-0.05, 0) is 32.4 Å². The SMILES string of the molecule is C\C=C(N)/C=C\C(N)=C(\C)CC. The first-order chi connectivity index (χ1) is 5.61. The highest BCUT2D eigenvalue weighted by Crippen LogP contribution is 2.04. The number of hydrogen-bond donors (Lipinski definition) is 2. The summed E-state index contributed by atoms with van der Waals surface area (Å²) in [7, 11) is 0. The molecule has 0 aliphatic heterocycles. The highest BCUT2D eigenvalue weighted by Gasteiger charge is 1.89. The van der Waals surface area contributed by atoms with E-state index in [0.29, 0.717) is 0 Å². The van der Waals surface area contributed by atoms with E-state index in [2.05, 4.69) is 6.92 Å². The van der Waals surface area contributed by atoms with Crippen LogP contribution in [-0.2, 0) is 0 Å². The van der Waals surface area contributed by atoms with Gasteiger partial charge in [0.25, 0.3) is 0 Å². The van der Waals surface area contributed by atoms with Crippen LogP contribution in [0.3, 0.4) is 0 Å². The number of hydrogen-bond acceptors (Lipinski definition) is 2. The van der Waals surface area contributed by atoms with Crippen LogP contribution < -0.4 is 11.5 Å². The molecular weight excluding hydrogens is 148 g/mol. The van der Waals surface area contributed by atoms with Gasteiger partial charge >= 0.3 is 0 Å². The zero-order valence-corrected chi connectivity index (χ0v) is 8.09. The minimum atomic E-state index is 0.738. The fourth-order valence-electron chi connectivity index (χ4n) is 0.629. The van der Waals surface area contributed by atoms with Gasteiger partial charge in [-0.2, -0.15) is 0 Å².